The van der Waals surface area contributed by atoms with Crippen LogP contribution in [0.5, 0.6) is 0 Å². The zero-order chi connectivity index (χ0) is 14.7. The minimum Gasteiger partial charge on any atom is -0.316 e. The van der Waals surface area contributed by atoms with Gasteiger partial charge in [0.25, 0.3) is 0 Å². The molecule has 0 aliphatic carbocycles. The van der Waals surface area contributed by atoms with Gasteiger partial charge in [-0.05, 0) is 68.9 Å². The summed E-state index contributed by atoms with van der Waals surface area (Å²) in [6.45, 7) is 6.95. The van der Waals surface area contributed by atoms with E-state index in [-0.39, 0.29) is 0 Å². The fourth-order valence-electron chi connectivity index (χ4n) is 1.86. The number of aryl methyl sites for hydroxylation is 2. The van der Waals surface area contributed by atoms with Crippen LogP contribution in [0.15, 0.2) is 32.7 Å². The van der Waals surface area contributed by atoms with Crippen molar-refractivity contribution in [1.29, 1.82) is 0 Å². The molecule has 0 radical (unpaired) electrons. The smallest absolute Gasteiger partial charge is 0.192 e. The Morgan fingerprint density at radius 1 is 1.15 bits per heavy atom. The molecule has 0 unspecified atom stereocenters. The molecule has 0 bridgehead atoms. The van der Waals surface area contributed by atoms with Crippen molar-refractivity contribution in [2.75, 3.05) is 7.05 Å². The van der Waals surface area contributed by atoms with Crippen LogP contribution in [0.4, 0.5) is 0 Å². The van der Waals surface area contributed by atoms with Gasteiger partial charge in [-0.25, -0.2) is 9.97 Å². The highest BCUT2D eigenvalue weighted by Gasteiger charge is 2.09. The monoisotopic (exact) mass is 351 g/mol. The Kier molecular flexibility index (Phi) is 5.18. The van der Waals surface area contributed by atoms with Gasteiger partial charge in [-0.1, -0.05) is 15.9 Å². The molecule has 2 aromatic rings. The van der Waals surface area contributed by atoms with Gasteiger partial charge in [-0.15, -0.1) is 0 Å². The van der Waals surface area contributed by atoms with E-state index >= 15 is 0 Å². The molecule has 2 rings (SSSR count). The van der Waals surface area contributed by atoms with Crippen LogP contribution in [0.2, 0.25) is 0 Å². The number of nitrogens with zero attached hydrogens (tertiary/aromatic N) is 2. The summed E-state index contributed by atoms with van der Waals surface area (Å²) in [6, 6.07) is 6.29. The van der Waals surface area contributed by atoms with Crippen LogP contribution in [0.3, 0.4) is 0 Å². The number of rotatable bonds is 4. The Bertz CT molecular complexity index is 606. The number of halogens is 1. The molecule has 0 aliphatic rings. The summed E-state index contributed by atoms with van der Waals surface area (Å²) in [6.07, 6.45) is 0. The summed E-state index contributed by atoms with van der Waals surface area (Å²) >= 11 is 5.13. The molecule has 0 atom stereocenters. The van der Waals surface area contributed by atoms with Crippen molar-refractivity contribution >= 4 is 27.7 Å². The lowest BCUT2D eigenvalue weighted by molar-refractivity contribution is 0.801. The van der Waals surface area contributed by atoms with Crippen molar-refractivity contribution in [2.24, 2.45) is 0 Å². The first-order chi connectivity index (χ1) is 9.51. The minimum absolute atomic E-state index is 0.810. The maximum Gasteiger partial charge on any atom is 0.192 e. The third kappa shape index (κ3) is 3.59. The summed E-state index contributed by atoms with van der Waals surface area (Å²) in [7, 11) is 1.95. The highest BCUT2D eigenvalue weighted by molar-refractivity contribution is 9.10. The van der Waals surface area contributed by atoms with Crippen molar-refractivity contribution in [3.05, 3.63) is 45.2 Å². The summed E-state index contributed by atoms with van der Waals surface area (Å²) in [4.78, 5) is 10.3. The normalized spacial score (nSPS) is 10.8. The van der Waals surface area contributed by atoms with Gasteiger partial charge >= 0.3 is 0 Å². The van der Waals surface area contributed by atoms with Gasteiger partial charge in [-0.2, -0.15) is 0 Å². The molecule has 3 nitrogen and oxygen atoms in total. The lowest BCUT2D eigenvalue weighted by Crippen LogP contribution is -2.06. The molecule has 5 heteroatoms. The molecular formula is C15H18BrN3S. The highest BCUT2D eigenvalue weighted by atomic mass is 79.9. The number of aromatic nitrogens is 2. The molecule has 0 fully saturated rings. The van der Waals surface area contributed by atoms with Crippen LogP contribution in [-0.2, 0) is 6.54 Å². The van der Waals surface area contributed by atoms with Crippen LogP contribution in [0.25, 0.3) is 0 Å². The van der Waals surface area contributed by atoms with Crippen LogP contribution in [0, 0.1) is 20.8 Å². The van der Waals surface area contributed by atoms with Gasteiger partial charge in [0.1, 0.15) is 0 Å². The molecular weight excluding hydrogens is 334 g/mol. The maximum absolute atomic E-state index is 4.57. The second kappa shape index (κ2) is 6.70. The number of hydrogen-bond donors (Lipinski definition) is 1. The van der Waals surface area contributed by atoms with Crippen LogP contribution in [0.1, 0.15) is 22.5 Å². The Morgan fingerprint density at radius 2 is 1.80 bits per heavy atom. The van der Waals surface area contributed by atoms with Crippen molar-refractivity contribution in [2.45, 2.75) is 37.4 Å². The van der Waals surface area contributed by atoms with Gasteiger partial charge in [0.15, 0.2) is 5.16 Å². The average molecular weight is 352 g/mol. The summed E-state index contributed by atoms with van der Waals surface area (Å²) in [5.41, 5.74) is 4.51. The summed E-state index contributed by atoms with van der Waals surface area (Å²) in [5.74, 6) is 0. The van der Waals surface area contributed by atoms with E-state index in [9.17, 15) is 0 Å². The number of hydrogen-bond acceptors (Lipinski definition) is 4. The van der Waals surface area contributed by atoms with Gasteiger partial charge < -0.3 is 5.32 Å². The summed E-state index contributed by atoms with van der Waals surface area (Å²) < 4.78 is 1.09. The fourth-order valence-corrected chi connectivity index (χ4v) is 3.23. The van der Waals surface area contributed by atoms with Gasteiger partial charge in [0.2, 0.25) is 0 Å². The van der Waals surface area contributed by atoms with Crippen molar-refractivity contribution in [1.82, 2.24) is 15.3 Å². The third-order valence-corrected chi connectivity index (χ3v) is 4.68. The number of nitrogens with one attached hydrogen (secondary N) is 1. The highest BCUT2D eigenvalue weighted by Crippen LogP contribution is 2.30. The predicted molar refractivity (Wildman–Crippen MR) is 87.3 cm³/mol. The first kappa shape index (κ1) is 15.5. The Morgan fingerprint density at radius 3 is 2.40 bits per heavy atom. The zero-order valence-corrected chi connectivity index (χ0v) is 14.5. The van der Waals surface area contributed by atoms with Crippen LogP contribution in [-0.4, -0.2) is 17.0 Å². The van der Waals surface area contributed by atoms with E-state index in [0.717, 1.165) is 27.6 Å². The van der Waals surface area contributed by atoms with E-state index in [1.54, 1.807) is 11.8 Å². The second-order valence-corrected chi connectivity index (χ2v) is 6.61. The molecule has 1 N–H and O–H groups in total. The summed E-state index contributed by atoms with van der Waals surface area (Å²) in [5, 5.41) is 4.00. The van der Waals surface area contributed by atoms with E-state index in [2.05, 4.69) is 56.3 Å². The molecule has 1 aromatic carbocycles. The first-order valence-electron chi connectivity index (χ1n) is 6.44. The second-order valence-electron chi connectivity index (χ2n) is 4.69. The quantitative estimate of drug-likeness (QED) is 0.843. The van der Waals surface area contributed by atoms with Crippen molar-refractivity contribution in [3.8, 4) is 0 Å². The van der Waals surface area contributed by atoms with E-state index < -0.39 is 0 Å². The SMILES string of the molecule is CNCc1cc(Br)ccc1Sc1nc(C)c(C)c(C)n1. The van der Waals surface area contributed by atoms with Gasteiger partial charge in [0, 0.05) is 27.3 Å². The topological polar surface area (TPSA) is 37.8 Å². The van der Waals surface area contributed by atoms with E-state index in [4.69, 9.17) is 0 Å². The molecule has 0 saturated carbocycles. The largest absolute Gasteiger partial charge is 0.316 e. The average Bonchev–Trinajstić information content (AvgIpc) is 2.39. The molecule has 0 spiro atoms. The standard InChI is InChI=1S/C15H18BrN3S/c1-9-10(2)18-15(19-11(9)3)20-14-6-5-13(16)7-12(14)8-17-4/h5-7,17H,8H2,1-4H3. The third-order valence-electron chi connectivity index (χ3n) is 3.20. The zero-order valence-electron chi connectivity index (χ0n) is 12.1. The van der Waals surface area contributed by atoms with Crippen LogP contribution < -0.4 is 5.32 Å². The first-order valence-corrected chi connectivity index (χ1v) is 8.05. The minimum atomic E-state index is 0.810. The maximum atomic E-state index is 4.57. The number of benzene rings is 1. The van der Waals surface area contributed by atoms with Crippen molar-refractivity contribution < 1.29 is 0 Å². The Balaban J connectivity index is 2.34. The van der Waals surface area contributed by atoms with Gasteiger partial charge in [0.05, 0.1) is 0 Å². The lowest BCUT2D eigenvalue weighted by atomic mass is 10.2. The molecule has 0 amide bonds. The molecule has 0 saturated heterocycles. The van der Waals surface area contributed by atoms with Gasteiger partial charge in [-0.3, -0.25) is 0 Å². The molecule has 0 aliphatic heterocycles. The molecule has 1 aromatic heterocycles. The lowest BCUT2D eigenvalue weighted by Gasteiger charge is -2.10. The van der Waals surface area contributed by atoms with E-state index in [1.807, 2.05) is 20.9 Å². The Hall–Kier alpha value is -0.910. The molecule has 106 valence electrons. The molecule has 1 heterocycles. The van der Waals surface area contributed by atoms with E-state index in [0.29, 0.717) is 0 Å². The van der Waals surface area contributed by atoms with Crippen LogP contribution >= 0.6 is 27.7 Å². The molecule has 20 heavy (non-hydrogen) atoms. The Labute approximate surface area is 132 Å². The fraction of sp³-hybridized carbons (Fsp3) is 0.333. The predicted octanol–water partition coefficient (Wildman–Crippen LogP) is 4.03. The van der Waals surface area contributed by atoms with E-state index in [1.165, 1.54) is 16.0 Å². The van der Waals surface area contributed by atoms with Crippen molar-refractivity contribution in [3.63, 3.8) is 0 Å².